The fourth-order valence-corrected chi connectivity index (χ4v) is 5.32. The van der Waals surface area contributed by atoms with Crippen LogP contribution in [0, 0.1) is 11.7 Å². The fourth-order valence-electron chi connectivity index (χ4n) is 5.32. The second kappa shape index (κ2) is 11.0. The van der Waals surface area contributed by atoms with Gasteiger partial charge in [0.05, 0.1) is 12.2 Å². The summed E-state index contributed by atoms with van der Waals surface area (Å²) < 4.78 is 101. The normalized spacial score (nSPS) is 24.6. The van der Waals surface area contributed by atoms with Gasteiger partial charge in [0.25, 0.3) is 6.17 Å². The van der Waals surface area contributed by atoms with Crippen LogP contribution in [0.3, 0.4) is 0 Å². The number of halogens is 7. The molecule has 3 rings (SSSR count). The van der Waals surface area contributed by atoms with Crippen molar-refractivity contribution >= 4 is 0 Å². The van der Waals surface area contributed by atoms with Gasteiger partial charge in [-0.15, -0.1) is 0 Å². The molecule has 0 aromatic heterocycles. The molecule has 1 aromatic rings. The van der Waals surface area contributed by atoms with Gasteiger partial charge in [-0.25, -0.2) is 8.78 Å². The molecule has 2 aliphatic carbocycles. The first kappa shape index (κ1) is 27.1. The molecule has 1 atom stereocenters. The molecule has 9 heteroatoms. The maximum Gasteiger partial charge on any atom is 0.439 e. The standard InChI is InChI=1S/C25H33F7O2/c1-2-12-23(13-4-3-5-14-23)33-16-17-6-8-18(9-7-17)19-10-11-21(20(26)15-19)34-25(31,32)22(27)24(28,29)30/h10-11,15,17-18,22H,2-9,12-14,16H2,1H3. The maximum atomic E-state index is 14.3. The molecule has 2 aliphatic rings. The molecule has 194 valence electrons. The molecule has 0 heterocycles. The van der Waals surface area contributed by atoms with Crippen molar-refractivity contribution in [1.82, 2.24) is 0 Å². The molecule has 0 radical (unpaired) electrons. The van der Waals surface area contributed by atoms with Crippen LogP contribution in [0.5, 0.6) is 5.75 Å². The van der Waals surface area contributed by atoms with E-state index in [4.69, 9.17) is 4.74 Å². The van der Waals surface area contributed by atoms with Gasteiger partial charge in [0.2, 0.25) is 0 Å². The van der Waals surface area contributed by atoms with Crippen LogP contribution in [0.4, 0.5) is 30.7 Å². The summed E-state index contributed by atoms with van der Waals surface area (Å²) in [5.41, 5.74) is 0.560. The van der Waals surface area contributed by atoms with Gasteiger partial charge in [0, 0.05) is 0 Å². The van der Waals surface area contributed by atoms with Crippen LogP contribution in [-0.2, 0) is 4.74 Å². The lowest BCUT2D eigenvalue weighted by Gasteiger charge is -2.39. The highest BCUT2D eigenvalue weighted by Crippen LogP contribution is 2.41. The van der Waals surface area contributed by atoms with Crippen LogP contribution < -0.4 is 4.74 Å². The molecular formula is C25H33F7O2. The molecule has 2 saturated carbocycles. The Kier molecular flexibility index (Phi) is 8.80. The summed E-state index contributed by atoms with van der Waals surface area (Å²) in [6.07, 6.45) is -4.26. The van der Waals surface area contributed by atoms with E-state index in [1.54, 1.807) is 0 Å². The fraction of sp³-hybridized carbons (Fsp3) is 0.760. The predicted molar refractivity (Wildman–Crippen MR) is 114 cm³/mol. The Morgan fingerprint density at radius 2 is 1.65 bits per heavy atom. The van der Waals surface area contributed by atoms with E-state index < -0.39 is 30.0 Å². The van der Waals surface area contributed by atoms with Gasteiger partial charge in [-0.1, -0.05) is 38.7 Å². The van der Waals surface area contributed by atoms with Gasteiger partial charge in [-0.3, -0.25) is 0 Å². The van der Waals surface area contributed by atoms with E-state index in [-0.39, 0.29) is 11.5 Å². The van der Waals surface area contributed by atoms with Crippen molar-refractivity contribution in [2.45, 2.75) is 108 Å². The molecule has 0 aliphatic heterocycles. The summed E-state index contributed by atoms with van der Waals surface area (Å²) in [6.45, 7) is 2.88. The smallest absolute Gasteiger partial charge is 0.427 e. The Balaban J connectivity index is 1.54. The summed E-state index contributed by atoms with van der Waals surface area (Å²) in [4.78, 5) is 0. The Hall–Kier alpha value is -1.51. The highest BCUT2D eigenvalue weighted by molar-refractivity contribution is 5.32. The average molecular weight is 499 g/mol. The zero-order valence-electron chi connectivity index (χ0n) is 19.4. The van der Waals surface area contributed by atoms with Crippen LogP contribution in [0.15, 0.2) is 18.2 Å². The monoisotopic (exact) mass is 498 g/mol. The zero-order valence-corrected chi connectivity index (χ0v) is 19.4. The largest absolute Gasteiger partial charge is 0.439 e. The first-order valence-corrected chi connectivity index (χ1v) is 12.2. The molecule has 1 aromatic carbocycles. The molecule has 0 spiro atoms. The lowest BCUT2D eigenvalue weighted by atomic mass is 9.78. The summed E-state index contributed by atoms with van der Waals surface area (Å²) in [5.74, 6) is -1.95. The lowest BCUT2D eigenvalue weighted by molar-refractivity contribution is -0.305. The molecule has 0 amide bonds. The minimum absolute atomic E-state index is 0.00342. The molecular weight excluding hydrogens is 465 g/mol. The summed E-state index contributed by atoms with van der Waals surface area (Å²) in [6, 6.07) is 3.19. The second-order valence-electron chi connectivity index (χ2n) is 9.78. The molecule has 2 nitrogen and oxygen atoms in total. The van der Waals surface area contributed by atoms with Gasteiger partial charge >= 0.3 is 12.3 Å². The third-order valence-electron chi connectivity index (χ3n) is 7.20. The van der Waals surface area contributed by atoms with E-state index in [2.05, 4.69) is 11.7 Å². The SMILES string of the molecule is CCCC1(OCC2CCC(c3ccc(OC(F)(F)C(F)C(F)(F)F)c(F)c3)CC2)CCCCC1. The molecule has 0 N–H and O–H groups in total. The van der Waals surface area contributed by atoms with E-state index in [1.807, 2.05) is 0 Å². The van der Waals surface area contributed by atoms with Gasteiger partial charge in [-0.2, -0.15) is 22.0 Å². The van der Waals surface area contributed by atoms with Crippen LogP contribution in [0.1, 0.15) is 89.0 Å². The number of benzene rings is 1. The second-order valence-corrected chi connectivity index (χ2v) is 9.78. The minimum Gasteiger partial charge on any atom is -0.427 e. The molecule has 34 heavy (non-hydrogen) atoms. The Morgan fingerprint density at radius 3 is 2.21 bits per heavy atom. The highest BCUT2D eigenvalue weighted by atomic mass is 19.4. The Bertz CT molecular complexity index is 776. The first-order valence-electron chi connectivity index (χ1n) is 12.2. The molecule has 2 fully saturated rings. The third-order valence-corrected chi connectivity index (χ3v) is 7.20. The number of rotatable bonds is 9. The summed E-state index contributed by atoms with van der Waals surface area (Å²) >= 11 is 0. The number of ether oxygens (including phenoxy) is 2. The molecule has 0 saturated heterocycles. The van der Waals surface area contributed by atoms with Gasteiger partial charge in [-0.05, 0) is 74.5 Å². The van der Waals surface area contributed by atoms with Gasteiger partial charge in [0.15, 0.2) is 11.6 Å². The number of hydrogen-bond acceptors (Lipinski definition) is 2. The Morgan fingerprint density at radius 1 is 1.00 bits per heavy atom. The number of hydrogen-bond donors (Lipinski definition) is 0. The summed E-state index contributed by atoms with van der Waals surface area (Å²) in [5, 5.41) is 0. The van der Waals surface area contributed by atoms with Crippen LogP contribution >= 0.6 is 0 Å². The topological polar surface area (TPSA) is 18.5 Å². The van der Waals surface area contributed by atoms with Gasteiger partial charge < -0.3 is 9.47 Å². The molecule has 0 bridgehead atoms. The minimum atomic E-state index is -5.82. The van der Waals surface area contributed by atoms with Crippen LogP contribution in [-0.4, -0.2) is 30.7 Å². The highest BCUT2D eigenvalue weighted by Gasteiger charge is 2.59. The van der Waals surface area contributed by atoms with E-state index in [1.165, 1.54) is 25.3 Å². The predicted octanol–water partition coefficient (Wildman–Crippen LogP) is 8.49. The Labute approximate surface area is 196 Å². The van der Waals surface area contributed by atoms with Crippen molar-refractivity contribution < 1.29 is 40.2 Å². The van der Waals surface area contributed by atoms with Gasteiger partial charge in [0.1, 0.15) is 0 Å². The summed E-state index contributed by atoms with van der Waals surface area (Å²) in [7, 11) is 0. The molecule has 1 unspecified atom stereocenters. The average Bonchev–Trinajstić information content (AvgIpc) is 2.79. The lowest BCUT2D eigenvalue weighted by Crippen LogP contribution is -2.45. The van der Waals surface area contributed by atoms with Crippen molar-refractivity contribution in [3.8, 4) is 5.75 Å². The van der Waals surface area contributed by atoms with E-state index in [9.17, 15) is 30.7 Å². The van der Waals surface area contributed by atoms with Crippen LogP contribution in [0.2, 0.25) is 0 Å². The van der Waals surface area contributed by atoms with Crippen molar-refractivity contribution in [2.24, 2.45) is 5.92 Å². The quantitative estimate of drug-likeness (QED) is 0.318. The van der Waals surface area contributed by atoms with E-state index >= 15 is 0 Å². The number of alkyl halides is 6. The van der Waals surface area contributed by atoms with Crippen LogP contribution in [0.25, 0.3) is 0 Å². The zero-order chi connectivity index (χ0) is 25.0. The van der Waals surface area contributed by atoms with E-state index in [0.717, 1.165) is 63.5 Å². The van der Waals surface area contributed by atoms with Crippen molar-refractivity contribution in [2.75, 3.05) is 6.61 Å². The van der Waals surface area contributed by atoms with Crippen molar-refractivity contribution in [3.63, 3.8) is 0 Å². The van der Waals surface area contributed by atoms with Crippen molar-refractivity contribution in [1.29, 1.82) is 0 Å². The maximum absolute atomic E-state index is 14.3. The third kappa shape index (κ3) is 6.79. The first-order chi connectivity index (χ1) is 16.0. The van der Waals surface area contributed by atoms with Crippen molar-refractivity contribution in [3.05, 3.63) is 29.6 Å². The van der Waals surface area contributed by atoms with E-state index in [0.29, 0.717) is 18.1 Å².